The molecule has 3 heteroatoms. The summed E-state index contributed by atoms with van der Waals surface area (Å²) in [5.41, 5.74) is 1.96. The van der Waals surface area contributed by atoms with Crippen LogP contribution in [0, 0.1) is 5.92 Å². The zero-order chi connectivity index (χ0) is 12.5. The second kappa shape index (κ2) is 4.94. The molecule has 0 spiro atoms. The first-order valence-electron chi connectivity index (χ1n) is 6.65. The highest BCUT2D eigenvalue weighted by molar-refractivity contribution is 6.30. The predicted molar refractivity (Wildman–Crippen MR) is 74.9 cm³/mol. The Hall–Kier alpha value is -0.990. The summed E-state index contributed by atoms with van der Waals surface area (Å²) in [5.74, 6) is 0.766. The molecule has 1 aliphatic carbocycles. The number of nitrogens with one attached hydrogen (secondary N) is 1. The van der Waals surface area contributed by atoms with Gasteiger partial charge >= 0.3 is 0 Å². The molecule has 1 aromatic heterocycles. The van der Waals surface area contributed by atoms with Crippen LogP contribution in [0.15, 0.2) is 28.7 Å². The van der Waals surface area contributed by atoms with Gasteiger partial charge in [-0.1, -0.05) is 31.5 Å². The van der Waals surface area contributed by atoms with Crippen molar-refractivity contribution in [2.75, 3.05) is 0 Å². The fourth-order valence-electron chi connectivity index (χ4n) is 2.92. The van der Waals surface area contributed by atoms with Crippen molar-refractivity contribution in [3.63, 3.8) is 0 Å². The number of benzene rings is 1. The molecule has 1 fully saturated rings. The molecule has 2 unspecified atom stereocenters. The van der Waals surface area contributed by atoms with Gasteiger partial charge in [-0.3, -0.25) is 0 Å². The number of furan rings is 1. The van der Waals surface area contributed by atoms with Crippen molar-refractivity contribution in [2.24, 2.45) is 5.92 Å². The van der Waals surface area contributed by atoms with Gasteiger partial charge in [0.1, 0.15) is 5.58 Å². The Morgan fingerprint density at radius 3 is 2.94 bits per heavy atom. The van der Waals surface area contributed by atoms with Crippen molar-refractivity contribution in [2.45, 2.75) is 38.8 Å². The Kier molecular flexibility index (Phi) is 3.31. The van der Waals surface area contributed by atoms with E-state index >= 15 is 0 Å². The lowest BCUT2D eigenvalue weighted by Gasteiger charge is -2.16. The first kappa shape index (κ1) is 12.1. The van der Waals surface area contributed by atoms with E-state index < -0.39 is 0 Å². The molecule has 1 heterocycles. The number of hydrogen-bond donors (Lipinski definition) is 1. The van der Waals surface area contributed by atoms with E-state index in [1.165, 1.54) is 19.3 Å². The number of halogens is 1. The minimum absolute atomic E-state index is 0.523. The molecule has 96 valence electrons. The van der Waals surface area contributed by atoms with E-state index in [1.807, 2.05) is 18.2 Å². The zero-order valence-corrected chi connectivity index (χ0v) is 11.3. The third-order valence-electron chi connectivity index (χ3n) is 4.05. The lowest BCUT2D eigenvalue weighted by atomic mass is 10.1. The minimum atomic E-state index is 0.523. The highest BCUT2D eigenvalue weighted by Crippen LogP contribution is 2.30. The van der Waals surface area contributed by atoms with Crippen LogP contribution in [0.3, 0.4) is 0 Å². The van der Waals surface area contributed by atoms with Gasteiger partial charge in [-0.25, -0.2) is 0 Å². The predicted octanol–water partition coefficient (Wildman–Crippen LogP) is 4.36. The SMILES string of the molecule is CC1CCCC1NCc1c(Cl)oc2ccccc12. The largest absolute Gasteiger partial charge is 0.444 e. The number of rotatable bonds is 3. The van der Waals surface area contributed by atoms with Gasteiger partial charge in [0.05, 0.1) is 0 Å². The molecule has 1 N–H and O–H groups in total. The fourth-order valence-corrected chi connectivity index (χ4v) is 3.17. The molecule has 1 aliphatic rings. The normalized spacial score (nSPS) is 23.9. The van der Waals surface area contributed by atoms with Gasteiger partial charge in [-0.15, -0.1) is 0 Å². The fraction of sp³-hybridized carbons (Fsp3) is 0.467. The molecule has 1 saturated carbocycles. The Labute approximate surface area is 112 Å². The Balaban J connectivity index is 1.80. The van der Waals surface area contributed by atoms with E-state index in [0.29, 0.717) is 11.3 Å². The molecule has 0 amide bonds. The van der Waals surface area contributed by atoms with Crippen molar-refractivity contribution in [3.05, 3.63) is 35.0 Å². The molecule has 18 heavy (non-hydrogen) atoms. The summed E-state index contributed by atoms with van der Waals surface area (Å²) < 4.78 is 5.57. The van der Waals surface area contributed by atoms with Crippen molar-refractivity contribution in [1.82, 2.24) is 5.32 Å². The molecule has 2 atom stereocenters. The van der Waals surface area contributed by atoms with E-state index in [4.69, 9.17) is 16.0 Å². The summed E-state index contributed by atoms with van der Waals surface area (Å²) in [5, 5.41) is 5.27. The lowest BCUT2D eigenvalue weighted by Crippen LogP contribution is -2.30. The average Bonchev–Trinajstić information content (AvgIpc) is 2.90. The lowest BCUT2D eigenvalue weighted by molar-refractivity contribution is 0.425. The van der Waals surface area contributed by atoms with Crippen molar-refractivity contribution in [1.29, 1.82) is 0 Å². The topological polar surface area (TPSA) is 25.2 Å². The second-order valence-electron chi connectivity index (χ2n) is 5.25. The van der Waals surface area contributed by atoms with Crippen LogP contribution >= 0.6 is 11.6 Å². The van der Waals surface area contributed by atoms with Crippen LogP contribution in [-0.2, 0) is 6.54 Å². The molecule has 0 bridgehead atoms. The molecular formula is C15H18ClNO. The standard InChI is InChI=1S/C15H18ClNO/c1-10-5-4-7-13(10)17-9-12-11-6-2-3-8-14(11)18-15(12)16/h2-3,6,8,10,13,17H,4-5,7,9H2,1H3. The Morgan fingerprint density at radius 1 is 1.33 bits per heavy atom. The van der Waals surface area contributed by atoms with E-state index in [2.05, 4.69) is 18.3 Å². The first-order chi connectivity index (χ1) is 8.75. The van der Waals surface area contributed by atoms with Gasteiger partial charge in [0.15, 0.2) is 5.22 Å². The highest BCUT2D eigenvalue weighted by Gasteiger charge is 2.23. The summed E-state index contributed by atoms with van der Waals surface area (Å²) in [6.45, 7) is 3.12. The molecule has 1 aromatic carbocycles. The molecule has 2 nitrogen and oxygen atoms in total. The minimum Gasteiger partial charge on any atom is -0.444 e. The van der Waals surface area contributed by atoms with E-state index in [0.717, 1.165) is 29.0 Å². The van der Waals surface area contributed by atoms with Gasteiger partial charge < -0.3 is 9.73 Å². The molecule has 0 radical (unpaired) electrons. The number of hydrogen-bond acceptors (Lipinski definition) is 2. The van der Waals surface area contributed by atoms with Crippen molar-refractivity contribution in [3.8, 4) is 0 Å². The van der Waals surface area contributed by atoms with Crippen molar-refractivity contribution < 1.29 is 4.42 Å². The molecule has 2 aromatic rings. The van der Waals surface area contributed by atoms with Crippen LogP contribution in [0.5, 0.6) is 0 Å². The van der Waals surface area contributed by atoms with Gasteiger partial charge in [0, 0.05) is 23.5 Å². The Morgan fingerprint density at radius 2 is 2.17 bits per heavy atom. The summed E-state index contributed by atoms with van der Waals surface area (Å²) in [6, 6.07) is 8.64. The smallest absolute Gasteiger partial charge is 0.199 e. The second-order valence-corrected chi connectivity index (χ2v) is 5.59. The summed E-state index contributed by atoms with van der Waals surface area (Å²) >= 11 is 6.18. The van der Waals surface area contributed by atoms with Crippen LogP contribution in [0.1, 0.15) is 31.7 Å². The maximum Gasteiger partial charge on any atom is 0.199 e. The van der Waals surface area contributed by atoms with Crippen LogP contribution in [0.25, 0.3) is 11.0 Å². The highest BCUT2D eigenvalue weighted by atomic mass is 35.5. The first-order valence-corrected chi connectivity index (χ1v) is 7.03. The zero-order valence-electron chi connectivity index (χ0n) is 10.6. The van der Waals surface area contributed by atoms with Gasteiger partial charge in [0.25, 0.3) is 0 Å². The Bertz CT molecular complexity index is 548. The van der Waals surface area contributed by atoms with Gasteiger partial charge in [-0.05, 0) is 36.4 Å². The van der Waals surface area contributed by atoms with Gasteiger partial charge in [0.2, 0.25) is 0 Å². The van der Waals surface area contributed by atoms with Crippen LogP contribution in [0.4, 0.5) is 0 Å². The van der Waals surface area contributed by atoms with E-state index in [1.54, 1.807) is 0 Å². The van der Waals surface area contributed by atoms with E-state index in [9.17, 15) is 0 Å². The third kappa shape index (κ3) is 2.15. The van der Waals surface area contributed by atoms with E-state index in [-0.39, 0.29) is 0 Å². The quantitative estimate of drug-likeness (QED) is 0.890. The summed E-state index contributed by atoms with van der Waals surface area (Å²) in [4.78, 5) is 0. The van der Waals surface area contributed by atoms with Gasteiger partial charge in [-0.2, -0.15) is 0 Å². The molecule has 0 saturated heterocycles. The summed E-state index contributed by atoms with van der Waals surface area (Å²) in [7, 11) is 0. The van der Waals surface area contributed by atoms with Crippen LogP contribution < -0.4 is 5.32 Å². The maximum absolute atomic E-state index is 6.18. The number of fused-ring (bicyclic) bond motifs is 1. The maximum atomic E-state index is 6.18. The van der Waals surface area contributed by atoms with Crippen LogP contribution in [-0.4, -0.2) is 6.04 Å². The molecular weight excluding hydrogens is 246 g/mol. The average molecular weight is 264 g/mol. The summed E-state index contributed by atoms with van der Waals surface area (Å²) in [6.07, 6.45) is 3.94. The monoisotopic (exact) mass is 263 g/mol. The molecule has 3 rings (SSSR count). The van der Waals surface area contributed by atoms with Crippen molar-refractivity contribution >= 4 is 22.6 Å². The number of para-hydroxylation sites is 1. The molecule has 0 aliphatic heterocycles. The third-order valence-corrected chi connectivity index (χ3v) is 4.36. The van der Waals surface area contributed by atoms with Crippen LogP contribution in [0.2, 0.25) is 5.22 Å².